The lowest BCUT2D eigenvalue weighted by Gasteiger charge is -2.06. The van der Waals surface area contributed by atoms with Crippen LogP contribution in [0.1, 0.15) is 11.1 Å². The van der Waals surface area contributed by atoms with Crippen LogP contribution in [0.2, 0.25) is 0 Å². The van der Waals surface area contributed by atoms with Crippen LogP contribution in [0.5, 0.6) is 0 Å². The molecular formula is C12H8F3NO2. The number of rotatable bonds is 2. The summed E-state index contributed by atoms with van der Waals surface area (Å²) in [6, 6.07) is 5.70. The Morgan fingerprint density at radius 1 is 1.33 bits per heavy atom. The fraction of sp³-hybridized carbons (Fsp3) is 0.167. The molecule has 0 fully saturated rings. The first-order chi connectivity index (χ1) is 8.38. The van der Waals surface area contributed by atoms with Gasteiger partial charge in [0, 0.05) is 0 Å². The van der Waals surface area contributed by atoms with E-state index in [1.807, 2.05) is 0 Å². The van der Waals surface area contributed by atoms with Crippen molar-refractivity contribution in [1.29, 1.82) is 5.26 Å². The zero-order valence-corrected chi connectivity index (χ0v) is 9.28. The average Bonchev–Trinajstić information content (AvgIpc) is 2.34. The molecule has 0 aliphatic heterocycles. The Bertz CT molecular complexity index is 510. The van der Waals surface area contributed by atoms with Gasteiger partial charge in [-0.1, -0.05) is 12.1 Å². The highest BCUT2D eigenvalue weighted by Crippen LogP contribution is 2.29. The molecule has 3 nitrogen and oxygen atoms in total. The molecule has 6 heteroatoms. The maximum absolute atomic E-state index is 12.3. The number of benzene rings is 1. The van der Waals surface area contributed by atoms with Gasteiger partial charge >= 0.3 is 12.1 Å². The molecule has 0 amide bonds. The van der Waals surface area contributed by atoms with E-state index in [9.17, 15) is 18.0 Å². The zero-order chi connectivity index (χ0) is 13.8. The highest BCUT2D eigenvalue weighted by atomic mass is 19.4. The van der Waals surface area contributed by atoms with Crippen LogP contribution in [0.3, 0.4) is 0 Å². The van der Waals surface area contributed by atoms with E-state index < -0.39 is 17.7 Å². The van der Waals surface area contributed by atoms with Crippen LogP contribution in [-0.2, 0) is 15.7 Å². The summed E-state index contributed by atoms with van der Waals surface area (Å²) < 4.78 is 41.2. The molecule has 0 bridgehead atoms. The summed E-state index contributed by atoms with van der Waals surface area (Å²) in [6.07, 6.45) is -3.26. The van der Waals surface area contributed by atoms with E-state index >= 15 is 0 Å². The number of ether oxygens (including phenoxy) is 1. The van der Waals surface area contributed by atoms with E-state index in [-0.39, 0.29) is 5.57 Å². The number of esters is 1. The largest absolute Gasteiger partial charge is 0.465 e. The van der Waals surface area contributed by atoms with Crippen LogP contribution in [0, 0.1) is 11.3 Å². The Morgan fingerprint density at radius 3 is 2.28 bits per heavy atom. The first-order valence-corrected chi connectivity index (χ1v) is 4.76. The number of carbonyl (C=O) groups excluding carboxylic acids is 1. The van der Waals surface area contributed by atoms with E-state index in [4.69, 9.17) is 5.26 Å². The summed E-state index contributed by atoms with van der Waals surface area (Å²) in [5.41, 5.74) is -0.765. The molecule has 94 valence electrons. The lowest BCUT2D eigenvalue weighted by molar-refractivity contribution is -0.137. The lowest BCUT2D eigenvalue weighted by Crippen LogP contribution is -2.04. The van der Waals surface area contributed by atoms with E-state index in [0.717, 1.165) is 25.3 Å². The Kier molecular flexibility index (Phi) is 4.10. The summed E-state index contributed by atoms with van der Waals surface area (Å²) >= 11 is 0. The van der Waals surface area contributed by atoms with Gasteiger partial charge in [0.1, 0.15) is 11.6 Å². The lowest BCUT2D eigenvalue weighted by atomic mass is 10.1. The average molecular weight is 255 g/mol. The molecule has 0 aliphatic rings. The van der Waals surface area contributed by atoms with Crippen molar-refractivity contribution >= 4 is 12.0 Å². The van der Waals surface area contributed by atoms with Gasteiger partial charge in [-0.3, -0.25) is 0 Å². The monoisotopic (exact) mass is 255 g/mol. The van der Waals surface area contributed by atoms with Gasteiger partial charge in [-0.25, -0.2) is 4.79 Å². The van der Waals surface area contributed by atoms with Gasteiger partial charge in [-0.05, 0) is 23.8 Å². The van der Waals surface area contributed by atoms with Crippen molar-refractivity contribution in [2.24, 2.45) is 0 Å². The topological polar surface area (TPSA) is 50.1 Å². The van der Waals surface area contributed by atoms with Gasteiger partial charge in [0.15, 0.2) is 0 Å². The molecule has 0 aliphatic carbocycles. The first-order valence-electron chi connectivity index (χ1n) is 4.76. The molecule has 0 unspecified atom stereocenters. The van der Waals surface area contributed by atoms with E-state index in [1.165, 1.54) is 12.1 Å². The van der Waals surface area contributed by atoms with E-state index in [2.05, 4.69) is 4.74 Å². The number of nitrogens with zero attached hydrogens (tertiary/aromatic N) is 1. The second kappa shape index (κ2) is 5.36. The van der Waals surface area contributed by atoms with Crippen LogP contribution in [-0.4, -0.2) is 13.1 Å². The van der Waals surface area contributed by atoms with Crippen molar-refractivity contribution < 1.29 is 22.7 Å². The third kappa shape index (κ3) is 3.35. The number of nitriles is 1. The fourth-order valence-corrected chi connectivity index (χ4v) is 1.18. The van der Waals surface area contributed by atoms with Crippen LogP contribution in [0.15, 0.2) is 29.8 Å². The molecule has 0 heterocycles. The first kappa shape index (κ1) is 13.8. The van der Waals surface area contributed by atoms with Crippen LogP contribution < -0.4 is 0 Å². The van der Waals surface area contributed by atoms with Crippen molar-refractivity contribution in [2.45, 2.75) is 6.18 Å². The van der Waals surface area contributed by atoms with E-state index in [0.29, 0.717) is 5.56 Å². The molecule has 0 saturated heterocycles. The Balaban J connectivity index is 3.03. The highest BCUT2D eigenvalue weighted by Gasteiger charge is 2.29. The van der Waals surface area contributed by atoms with Crippen molar-refractivity contribution in [1.82, 2.24) is 0 Å². The van der Waals surface area contributed by atoms with Crippen LogP contribution in [0.4, 0.5) is 13.2 Å². The maximum Gasteiger partial charge on any atom is 0.416 e. The molecular weight excluding hydrogens is 247 g/mol. The number of halogens is 3. The minimum atomic E-state index is -4.41. The summed E-state index contributed by atoms with van der Waals surface area (Å²) in [5.74, 6) is -0.836. The number of carbonyl (C=O) groups is 1. The minimum absolute atomic E-state index is 0.280. The SMILES string of the molecule is COC(=O)C(C#N)=Cc1ccc(C(F)(F)F)cc1. The van der Waals surface area contributed by atoms with Crippen LogP contribution in [0.25, 0.3) is 6.08 Å². The van der Waals surface area contributed by atoms with Gasteiger partial charge in [0.05, 0.1) is 12.7 Å². The summed E-state index contributed by atoms with van der Waals surface area (Å²) in [4.78, 5) is 11.1. The molecule has 1 rings (SSSR count). The standard InChI is InChI=1S/C12H8F3NO2/c1-18-11(17)9(7-16)6-8-2-4-10(5-3-8)12(13,14)15/h2-6H,1H3. The summed E-state index contributed by atoms with van der Waals surface area (Å²) in [5, 5.41) is 8.67. The minimum Gasteiger partial charge on any atom is -0.465 e. The molecule has 0 atom stereocenters. The van der Waals surface area contributed by atoms with Crippen molar-refractivity contribution in [3.63, 3.8) is 0 Å². The summed E-state index contributed by atoms with van der Waals surface area (Å²) in [7, 11) is 1.11. The van der Waals surface area contributed by atoms with Gasteiger partial charge < -0.3 is 4.74 Å². The van der Waals surface area contributed by atoms with Gasteiger partial charge in [0.25, 0.3) is 0 Å². The van der Waals surface area contributed by atoms with Gasteiger partial charge in [-0.2, -0.15) is 18.4 Å². The summed E-state index contributed by atoms with van der Waals surface area (Å²) in [6.45, 7) is 0. The second-order valence-corrected chi connectivity index (χ2v) is 3.28. The van der Waals surface area contributed by atoms with Crippen molar-refractivity contribution in [3.05, 3.63) is 41.0 Å². The smallest absolute Gasteiger partial charge is 0.416 e. The molecule has 1 aromatic carbocycles. The molecule has 0 saturated carbocycles. The number of hydrogen-bond acceptors (Lipinski definition) is 3. The maximum atomic E-state index is 12.3. The quantitative estimate of drug-likeness (QED) is 0.464. The second-order valence-electron chi connectivity index (χ2n) is 3.28. The van der Waals surface area contributed by atoms with Crippen LogP contribution >= 0.6 is 0 Å². The third-order valence-electron chi connectivity index (χ3n) is 2.07. The van der Waals surface area contributed by atoms with Crippen molar-refractivity contribution in [3.8, 4) is 6.07 Å². The molecule has 1 aromatic rings. The number of alkyl halides is 3. The Hall–Kier alpha value is -2.29. The van der Waals surface area contributed by atoms with Gasteiger partial charge in [0.2, 0.25) is 0 Å². The molecule has 0 spiro atoms. The Labute approximate surface area is 101 Å². The number of hydrogen-bond donors (Lipinski definition) is 0. The van der Waals surface area contributed by atoms with Crippen molar-refractivity contribution in [2.75, 3.05) is 7.11 Å². The normalized spacial score (nSPS) is 11.8. The fourth-order valence-electron chi connectivity index (χ4n) is 1.18. The number of methoxy groups -OCH3 is 1. The predicted molar refractivity (Wildman–Crippen MR) is 57.1 cm³/mol. The molecule has 0 N–H and O–H groups in total. The third-order valence-corrected chi connectivity index (χ3v) is 2.07. The highest BCUT2D eigenvalue weighted by molar-refractivity contribution is 5.97. The van der Waals surface area contributed by atoms with Gasteiger partial charge in [-0.15, -0.1) is 0 Å². The molecule has 18 heavy (non-hydrogen) atoms. The van der Waals surface area contributed by atoms with E-state index in [1.54, 1.807) is 6.07 Å². The molecule has 0 aromatic heterocycles. The predicted octanol–water partition coefficient (Wildman–Crippen LogP) is 2.79. The molecule has 0 radical (unpaired) electrons. The zero-order valence-electron chi connectivity index (χ0n) is 9.28. The Morgan fingerprint density at radius 2 is 1.89 bits per heavy atom.